The minimum atomic E-state index is -0.464. The fourth-order valence-electron chi connectivity index (χ4n) is 1.41. The van der Waals surface area contributed by atoms with Gasteiger partial charge in [-0.15, -0.1) is 0 Å². The fourth-order valence-corrected chi connectivity index (χ4v) is 1.41. The van der Waals surface area contributed by atoms with Crippen LogP contribution >= 0.6 is 0 Å². The Balaban J connectivity index is 0.000000771. The van der Waals surface area contributed by atoms with Crippen LogP contribution in [0.3, 0.4) is 0 Å². The summed E-state index contributed by atoms with van der Waals surface area (Å²) in [6.07, 6.45) is 0. The van der Waals surface area contributed by atoms with Gasteiger partial charge in [0.05, 0.1) is 0 Å². The zero-order valence-electron chi connectivity index (χ0n) is 11.1. The van der Waals surface area contributed by atoms with E-state index in [9.17, 15) is 4.39 Å². The highest BCUT2D eigenvalue weighted by atomic mass is 19.1. The minimum absolute atomic E-state index is 0.464. The summed E-state index contributed by atoms with van der Waals surface area (Å²) < 4.78 is 12.8. The lowest BCUT2D eigenvalue weighted by Gasteiger charge is -2.05. The van der Waals surface area contributed by atoms with Gasteiger partial charge < -0.3 is 5.32 Å². The zero-order valence-corrected chi connectivity index (χ0v) is 11.1. The van der Waals surface area contributed by atoms with Crippen LogP contribution in [0.25, 0.3) is 0 Å². The van der Waals surface area contributed by atoms with Crippen LogP contribution < -0.4 is 5.32 Å². The first kappa shape index (κ1) is 14.2. The van der Waals surface area contributed by atoms with E-state index in [0.717, 1.165) is 5.56 Å². The molecule has 0 bridgehead atoms. The topological polar surface area (TPSA) is 24.9 Å². The second-order valence-corrected chi connectivity index (χ2v) is 3.68. The average molecular weight is 246 g/mol. The lowest BCUT2D eigenvalue weighted by atomic mass is 10.1. The number of anilines is 1. The Morgan fingerprint density at radius 1 is 1.06 bits per heavy atom. The summed E-state index contributed by atoms with van der Waals surface area (Å²) in [5, 5.41) is 3.07. The summed E-state index contributed by atoms with van der Waals surface area (Å²) in [4.78, 5) is 3.73. The summed E-state index contributed by atoms with van der Waals surface area (Å²) in [7, 11) is 0. The summed E-state index contributed by atoms with van der Waals surface area (Å²) in [6, 6.07) is 12.9. The Kier molecular flexibility index (Phi) is 5.85. The molecule has 0 aliphatic carbocycles. The van der Waals surface area contributed by atoms with Gasteiger partial charge in [0.2, 0.25) is 5.95 Å². The van der Waals surface area contributed by atoms with E-state index in [1.54, 1.807) is 12.1 Å². The molecular weight excluding hydrogens is 227 g/mol. The highest BCUT2D eigenvalue weighted by Crippen LogP contribution is 2.08. The van der Waals surface area contributed by atoms with Crippen LogP contribution in [0.1, 0.15) is 25.0 Å². The normalized spacial score (nSPS) is 9.33. The van der Waals surface area contributed by atoms with E-state index in [1.165, 1.54) is 11.6 Å². The predicted octanol–water partition coefficient (Wildman–Crippen LogP) is 4.17. The molecule has 0 aliphatic rings. The van der Waals surface area contributed by atoms with Crippen molar-refractivity contribution in [3.63, 3.8) is 0 Å². The smallest absolute Gasteiger partial charge is 0.214 e. The SMILES string of the molecule is CC.Cc1ccc(CNc2cccc(F)n2)cc1. The van der Waals surface area contributed by atoms with Crippen LogP contribution in [0.2, 0.25) is 0 Å². The first-order valence-electron chi connectivity index (χ1n) is 6.16. The van der Waals surface area contributed by atoms with Gasteiger partial charge in [-0.2, -0.15) is 4.39 Å². The molecule has 18 heavy (non-hydrogen) atoms. The number of aromatic nitrogens is 1. The molecule has 0 aliphatic heterocycles. The molecule has 0 spiro atoms. The van der Waals surface area contributed by atoms with Gasteiger partial charge in [0.25, 0.3) is 0 Å². The van der Waals surface area contributed by atoms with Crippen LogP contribution in [-0.2, 0) is 6.54 Å². The molecule has 96 valence electrons. The van der Waals surface area contributed by atoms with Gasteiger partial charge in [-0.3, -0.25) is 0 Å². The van der Waals surface area contributed by atoms with Gasteiger partial charge in [-0.1, -0.05) is 49.7 Å². The number of hydrogen-bond donors (Lipinski definition) is 1. The van der Waals surface area contributed by atoms with Crippen molar-refractivity contribution in [3.8, 4) is 0 Å². The lowest BCUT2D eigenvalue weighted by Crippen LogP contribution is -2.01. The van der Waals surface area contributed by atoms with Gasteiger partial charge in [0.15, 0.2) is 0 Å². The van der Waals surface area contributed by atoms with Gasteiger partial charge in [0, 0.05) is 6.54 Å². The third kappa shape index (κ3) is 4.53. The second kappa shape index (κ2) is 7.43. The second-order valence-electron chi connectivity index (χ2n) is 3.68. The molecule has 1 aromatic carbocycles. The Hall–Kier alpha value is -1.90. The van der Waals surface area contributed by atoms with Crippen molar-refractivity contribution < 1.29 is 4.39 Å². The van der Waals surface area contributed by atoms with Crippen molar-refractivity contribution in [2.24, 2.45) is 0 Å². The Bertz CT molecular complexity index is 466. The molecule has 0 fully saturated rings. The Labute approximate surface area is 108 Å². The molecule has 0 saturated heterocycles. The molecule has 0 amide bonds. The minimum Gasteiger partial charge on any atom is -0.366 e. The third-order valence-electron chi connectivity index (χ3n) is 2.31. The van der Waals surface area contributed by atoms with Crippen molar-refractivity contribution >= 4 is 5.82 Å². The first-order chi connectivity index (χ1) is 8.74. The van der Waals surface area contributed by atoms with Gasteiger partial charge >= 0.3 is 0 Å². The molecule has 1 heterocycles. The summed E-state index contributed by atoms with van der Waals surface area (Å²) >= 11 is 0. The predicted molar refractivity (Wildman–Crippen MR) is 74.0 cm³/mol. The number of nitrogens with zero attached hydrogens (tertiary/aromatic N) is 1. The van der Waals surface area contributed by atoms with Gasteiger partial charge in [-0.05, 0) is 24.6 Å². The molecule has 0 atom stereocenters. The van der Waals surface area contributed by atoms with Crippen LogP contribution in [0.4, 0.5) is 10.2 Å². The molecule has 0 unspecified atom stereocenters. The maximum Gasteiger partial charge on any atom is 0.214 e. The molecular formula is C15H19FN2. The quantitative estimate of drug-likeness (QED) is 0.822. The highest BCUT2D eigenvalue weighted by molar-refractivity contribution is 5.35. The molecule has 0 saturated carbocycles. The molecule has 0 radical (unpaired) electrons. The van der Waals surface area contributed by atoms with E-state index in [4.69, 9.17) is 0 Å². The standard InChI is InChI=1S/C13H13FN2.C2H6/c1-10-5-7-11(8-6-10)9-15-13-4-2-3-12(14)16-13;1-2/h2-8H,9H2,1H3,(H,15,16);1-2H3. The molecule has 1 N–H and O–H groups in total. The average Bonchev–Trinajstić information content (AvgIpc) is 2.41. The van der Waals surface area contributed by atoms with Crippen molar-refractivity contribution in [2.75, 3.05) is 5.32 Å². The van der Waals surface area contributed by atoms with E-state index in [2.05, 4.69) is 22.4 Å². The van der Waals surface area contributed by atoms with Crippen molar-refractivity contribution in [1.29, 1.82) is 0 Å². The molecule has 2 rings (SSSR count). The van der Waals surface area contributed by atoms with Gasteiger partial charge in [0.1, 0.15) is 5.82 Å². The van der Waals surface area contributed by atoms with Gasteiger partial charge in [-0.25, -0.2) is 4.98 Å². The maximum absolute atomic E-state index is 12.8. The number of nitrogens with one attached hydrogen (secondary N) is 1. The van der Waals surface area contributed by atoms with E-state index in [-0.39, 0.29) is 0 Å². The Morgan fingerprint density at radius 2 is 1.72 bits per heavy atom. The highest BCUT2D eigenvalue weighted by Gasteiger charge is 1.96. The first-order valence-corrected chi connectivity index (χ1v) is 6.16. The van der Waals surface area contributed by atoms with E-state index < -0.39 is 5.95 Å². The number of rotatable bonds is 3. The molecule has 1 aromatic heterocycles. The summed E-state index contributed by atoms with van der Waals surface area (Å²) in [5.74, 6) is 0.0921. The van der Waals surface area contributed by atoms with E-state index >= 15 is 0 Å². The van der Waals surface area contributed by atoms with E-state index in [1.807, 2.05) is 32.9 Å². The number of hydrogen-bond acceptors (Lipinski definition) is 2. The summed E-state index contributed by atoms with van der Waals surface area (Å²) in [6.45, 7) is 6.70. The van der Waals surface area contributed by atoms with Crippen LogP contribution in [-0.4, -0.2) is 4.98 Å². The fraction of sp³-hybridized carbons (Fsp3) is 0.267. The van der Waals surface area contributed by atoms with Crippen LogP contribution in [0.5, 0.6) is 0 Å². The largest absolute Gasteiger partial charge is 0.366 e. The van der Waals surface area contributed by atoms with E-state index in [0.29, 0.717) is 12.4 Å². The monoisotopic (exact) mass is 246 g/mol. The maximum atomic E-state index is 12.8. The lowest BCUT2D eigenvalue weighted by molar-refractivity contribution is 0.585. The zero-order chi connectivity index (χ0) is 13.4. The van der Waals surface area contributed by atoms with Crippen LogP contribution in [0, 0.1) is 12.9 Å². The number of benzene rings is 1. The molecule has 3 heteroatoms. The van der Waals surface area contributed by atoms with Crippen molar-refractivity contribution in [2.45, 2.75) is 27.3 Å². The number of aryl methyl sites for hydroxylation is 1. The Morgan fingerprint density at radius 3 is 2.33 bits per heavy atom. The number of halogens is 1. The van der Waals surface area contributed by atoms with Crippen molar-refractivity contribution in [1.82, 2.24) is 4.98 Å². The van der Waals surface area contributed by atoms with Crippen LogP contribution in [0.15, 0.2) is 42.5 Å². The third-order valence-corrected chi connectivity index (χ3v) is 2.31. The van der Waals surface area contributed by atoms with Crippen molar-refractivity contribution in [3.05, 3.63) is 59.5 Å². The molecule has 2 aromatic rings. The number of pyridine rings is 1. The molecule has 2 nitrogen and oxygen atoms in total. The summed E-state index contributed by atoms with van der Waals surface area (Å²) in [5.41, 5.74) is 2.38.